The third kappa shape index (κ3) is 2.45. The van der Waals surface area contributed by atoms with E-state index in [9.17, 15) is 9.50 Å². The van der Waals surface area contributed by atoms with Crippen LogP contribution in [0.5, 0.6) is 5.75 Å². The van der Waals surface area contributed by atoms with Crippen molar-refractivity contribution >= 4 is 21.4 Å². The first-order valence-electron chi connectivity index (χ1n) is 6.73. The molecule has 0 amide bonds. The van der Waals surface area contributed by atoms with E-state index < -0.39 is 6.04 Å². The van der Waals surface area contributed by atoms with Crippen molar-refractivity contribution in [3.63, 3.8) is 0 Å². The Morgan fingerprint density at radius 3 is 2.91 bits per heavy atom. The Hall–Kier alpha value is -2.02. The number of thiophene rings is 1. The van der Waals surface area contributed by atoms with Crippen LogP contribution in [0.15, 0.2) is 35.7 Å². The maximum atomic E-state index is 13.9. The number of nitrogens with zero attached hydrogens (tertiary/aromatic N) is 1. The molecule has 2 heterocycles. The lowest BCUT2D eigenvalue weighted by Crippen LogP contribution is -2.16. The van der Waals surface area contributed by atoms with Crippen LogP contribution >= 0.6 is 11.3 Å². The van der Waals surface area contributed by atoms with Crippen molar-refractivity contribution in [3.05, 3.63) is 47.2 Å². The van der Waals surface area contributed by atoms with Gasteiger partial charge in [0.2, 0.25) is 0 Å². The van der Waals surface area contributed by atoms with E-state index >= 15 is 0 Å². The number of pyridine rings is 1. The van der Waals surface area contributed by atoms with Gasteiger partial charge in [0.25, 0.3) is 0 Å². The zero-order chi connectivity index (χ0) is 15.7. The van der Waals surface area contributed by atoms with Crippen LogP contribution in [0, 0.1) is 5.82 Å². The van der Waals surface area contributed by atoms with E-state index in [1.54, 1.807) is 25.3 Å². The lowest BCUT2D eigenvalue weighted by atomic mass is 10.1. The molecule has 0 bridgehead atoms. The van der Waals surface area contributed by atoms with Crippen molar-refractivity contribution in [2.45, 2.75) is 6.04 Å². The van der Waals surface area contributed by atoms with Gasteiger partial charge in [0.05, 0.1) is 30.2 Å². The number of hydrogen-bond donors (Lipinski definition) is 2. The Kier molecular flexibility index (Phi) is 4.06. The van der Waals surface area contributed by atoms with Crippen LogP contribution in [0.1, 0.15) is 11.7 Å². The van der Waals surface area contributed by atoms with Crippen LogP contribution in [-0.2, 0) is 0 Å². The van der Waals surface area contributed by atoms with E-state index in [2.05, 4.69) is 4.98 Å². The van der Waals surface area contributed by atoms with Crippen molar-refractivity contribution < 1.29 is 14.2 Å². The van der Waals surface area contributed by atoms with E-state index in [0.717, 1.165) is 10.9 Å². The summed E-state index contributed by atoms with van der Waals surface area (Å²) < 4.78 is 19.8. The highest BCUT2D eigenvalue weighted by Crippen LogP contribution is 2.38. The van der Waals surface area contributed by atoms with E-state index in [1.807, 2.05) is 11.4 Å². The second-order valence-electron chi connectivity index (χ2n) is 4.84. The molecule has 0 spiro atoms. The van der Waals surface area contributed by atoms with Gasteiger partial charge in [-0.1, -0.05) is 12.1 Å². The number of fused-ring (bicyclic) bond motifs is 1. The second kappa shape index (κ2) is 6.00. The summed E-state index contributed by atoms with van der Waals surface area (Å²) >= 11 is 1.32. The van der Waals surface area contributed by atoms with Gasteiger partial charge in [-0.2, -0.15) is 0 Å². The number of ether oxygens (including phenoxy) is 1. The number of aliphatic hydroxyl groups excluding tert-OH is 1. The van der Waals surface area contributed by atoms with Crippen molar-refractivity contribution in [2.75, 3.05) is 13.7 Å². The number of halogens is 1. The van der Waals surface area contributed by atoms with Gasteiger partial charge in [-0.25, -0.2) is 9.37 Å². The van der Waals surface area contributed by atoms with Gasteiger partial charge in [0.15, 0.2) is 0 Å². The highest BCUT2D eigenvalue weighted by atomic mass is 32.1. The molecule has 3 aromatic rings. The molecule has 3 N–H and O–H groups in total. The normalized spacial score (nSPS) is 12.5. The summed E-state index contributed by atoms with van der Waals surface area (Å²) in [6, 6.07) is 7.87. The minimum Gasteiger partial charge on any atom is -0.494 e. The first-order valence-corrected chi connectivity index (χ1v) is 7.61. The molecule has 0 saturated heterocycles. The van der Waals surface area contributed by atoms with Crippen LogP contribution in [0.25, 0.3) is 21.3 Å². The summed E-state index contributed by atoms with van der Waals surface area (Å²) in [4.78, 5) is 4.51. The van der Waals surface area contributed by atoms with Crippen LogP contribution < -0.4 is 10.5 Å². The maximum absolute atomic E-state index is 13.9. The molecule has 4 nitrogen and oxygen atoms in total. The number of aliphatic hydroxyl groups is 1. The molecule has 114 valence electrons. The molecule has 0 aliphatic heterocycles. The number of methoxy groups -OCH3 is 1. The minimum absolute atomic E-state index is 0.197. The summed E-state index contributed by atoms with van der Waals surface area (Å²) in [6.07, 6.45) is 0. The molecule has 22 heavy (non-hydrogen) atoms. The fourth-order valence-electron chi connectivity index (χ4n) is 2.32. The quantitative estimate of drug-likeness (QED) is 0.775. The van der Waals surface area contributed by atoms with E-state index in [0.29, 0.717) is 21.8 Å². The standard InChI is InChI=1S/C16H15FN2O2S/c1-21-14-6-5-13(12(18)7-20)19-15(14)10-8-22-16-9(10)3-2-4-11(16)17/h2-6,8,12,20H,7,18H2,1H3. The predicted molar refractivity (Wildman–Crippen MR) is 85.6 cm³/mol. The van der Waals surface area contributed by atoms with E-state index in [1.165, 1.54) is 17.4 Å². The monoisotopic (exact) mass is 318 g/mol. The summed E-state index contributed by atoms with van der Waals surface area (Å²) in [5, 5.41) is 11.8. The highest BCUT2D eigenvalue weighted by molar-refractivity contribution is 7.17. The topological polar surface area (TPSA) is 68.4 Å². The Bertz CT molecular complexity index is 819. The molecular formula is C16H15FN2O2S. The molecule has 1 aromatic carbocycles. The molecule has 6 heteroatoms. The minimum atomic E-state index is -0.564. The molecule has 3 rings (SSSR count). The Morgan fingerprint density at radius 2 is 2.18 bits per heavy atom. The zero-order valence-electron chi connectivity index (χ0n) is 11.9. The molecule has 0 saturated carbocycles. The second-order valence-corrected chi connectivity index (χ2v) is 5.72. The summed E-state index contributed by atoms with van der Waals surface area (Å²) in [5.41, 5.74) is 7.79. The zero-order valence-corrected chi connectivity index (χ0v) is 12.7. The Morgan fingerprint density at radius 1 is 1.36 bits per heavy atom. The van der Waals surface area contributed by atoms with Gasteiger partial charge >= 0.3 is 0 Å². The predicted octanol–water partition coefficient (Wildman–Crippen LogP) is 3.10. The number of hydrogen-bond acceptors (Lipinski definition) is 5. The fraction of sp³-hybridized carbons (Fsp3) is 0.188. The van der Waals surface area contributed by atoms with Gasteiger partial charge < -0.3 is 15.6 Å². The van der Waals surface area contributed by atoms with Crippen LogP contribution in [-0.4, -0.2) is 23.8 Å². The molecule has 0 aliphatic rings. The van der Waals surface area contributed by atoms with Gasteiger partial charge in [-0.05, 0) is 18.2 Å². The average molecular weight is 318 g/mol. The number of benzene rings is 1. The molecule has 1 unspecified atom stereocenters. The van der Waals surface area contributed by atoms with Gasteiger partial charge in [0.1, 0.15) is 17.3 Å². The van der Waals surface area contributed by atoms with E-state index in [4.69, 9.17) is 10.5 Å². The van der Waals surface area contributed by atoms with Crippen molar-refractivity contribution in [3.8, 4) is 17.0 Å². The number of nitrogens with two attached hydrogens (primary N) is 1. The summed E-state index contributed by atoms with van der Waals surface area (Å²) in [6.45, 7) is -0.197. The first kappa shape index (κ1) is 14.9. The molecule has 0 aliphatic carbocycles. The van der Waals surface area contributed by atoms with Gasteiger partial charge in [-0.15, -0.1) is 11.3 Å². The molecule has 0 fully saturated rings. The lowest BCUT2D eigenvalue weighted by molar-refractivity contribution is 0.266. The Balaban J connectivity index is 2.22. The third-order valence-electron chi connectivity index (χ3n) is 3.48. The van der Waals surface area contributed by atoms with Crippen molar-refractivity contribution in [1.29, 1.82) is 0 Å². The van der Waals surface area contributed by atoms with Crippen LogP contribution in [0.4, 0.5) is 4.39 Å². The maximum Gasteiger partial charge on any atom is 0.145 e. The molecular weight excluding hydrogens is 303 g/mol. The molecule has 0 radical (unpaired) electrons. The summed E-state index contributed by atoms with van der Waals surface area (Å²) in [7, 11) is 1.56. The smallest absolute Gasteiger partial charge is 0.145 e. The van der Waals surface area contributed by atoms with Crippen LogP contribution in [0.2, 0.25) is 0 Å². The van der Waals surface area contributed by atoms with Crippen LogP contribution in [0.3, 0.4) is 0 Å². The van der Waals surface area contributed by atoms with Crippen molar-refractivity contribution in [1.82, 2.24) is 4.98 Å². The highest BCUT2D eigenvalue weighted by Gasteiger charge is 2.17. The average Bonchev–Trinajstić information content (AvgIpc) is 2.98. The molecule has 1 atom stereocenters. The van der Waals surface area contributed by atoms with Crippen molar-refractivity contribution in [2.24, 2.45) is 5.73 Å². The third-order valence-corrected chi connectivity index (χ3v) is 4.49. The summed E-state index contributed by atoms with van der Waals surface area (Å²) in [5.74, 6) is 0.328. The van der Waals surface area contributed by atoms with Gasteiger partial charge in [-0.3, -0.25) is 0 Å². The van der Waals surface area contributed by atoms with Gasteiger partial charge in [0, 0.05) is 16.3 Å². The fourth-order valence-corrected chi connectivity index (χ4v) is 3.28. The van der Waals surface area contributed by atoms with E-state index in [-0.39, 0.29) is 12.4 Å². The lowest BCUT2D eigenvalue weighted by Gasteiger charge is -2.12. The Labute approximate surface area is 131 Å². The molecule has 2 aromatic heterocycles. The number of aromatic nitrogens is 1. The largest absolute Gasteiger partial charge is 0.494 e. The SMILES string of the molecule is COc1ccc(C(N)CO)nc1-c1csc2c(F)cccc12. The number of rotatable bonds is 4. The first-order chi connectivity index (χ1) is 10.7.